The molecule has 3 aliphatic rings. The van der Waals surface area contributed by atoms with Gasteiger partial charge in [0.2, 0.25) is 0 Å². The molecule has 12 rings (SSSR count). The van der Waals surface area contributed by atoms with Crippen LogP contribution >= 0.6 is 42.7 Å². The number of nitrogens with one attached hydrogen (secondary N) is 1. The molecule has 0 aromatic heterocycles. The summed E-state index contributed by atoms with van der Waals surface area (Å²) in [5.41, 5.74) is 6.84. The maximum absolute atomic E-state index is 12.4. The Balaban J connectivity index is 0.000000405. The molecule has 9 aromatic carbocycles. The van der Waals surface area contributed by atoms with Crippen LogP contribution in [0.2, 0.25) is 15.1 Å². The number of carbonyl (C=O) groups excluding carboxylic acids is 2. The first-order valence-electron chi connectivity index (χ1n) is 35.3. The summed E-state index contributed by atoms with van der Waals surface area (Å²) in [6, 6.07) is 59.0. The van der Waals surface area contributed by atoms with E-state index >= 15 is 0 Å². The van der Waals surface area contributed by atoms with Crippen LogP contribution in [0.3, 0.4) is 0 Å². The predicted molar refractivity (Wildman–Crippen MR) is 443 cm³/mol. The third-order valence-corrected chi connectivity index (χ3v) is 23.1. The number of anilines is 3. The Kier molecular flexibility index (Phi) is 46.0. The number of phenolic OH excluding ortho intramolecular Hbond substituents is 2. The molecule has 2 amide bonds. The second-order valence-corrected chi connectivity index (χ2v) is 33.1. The predicted octanol–water partition coefficient (Wildman–Crippen LogP) is 2.93. The summed E-state index contributed by atoms with van der Waals surface area (Å²) in [5, 5.41) is 68.8. The zero-order valence-electron chi connectivity index (χ0n) is 66.7. The van der Waals surface area contributed by atoms with Crippen LogP contribution in [0.4, 0.5) is 26.7 Å². The normalized spacial score (nSPS) is 14.5. The second-order valence-electron chi connectivity index (χ2n) is 25.5. The summed E-state index contributed by atoms with van der Waals surface area (Å²) in [6.45, 7) is 14.9. The van der Waals surface area contributed by atoms with Crippen molar-refractivity contribution in [3.63, 3.8) is 0 Å². The first kappa shape index (κ1) is 108. The minimum absolute atomic E-state index is 0. The van der Waals surface area contributed by atoms with Gasteiger partial charge in [0.15, 0.2) is 0 Å². The van der Waals surface area contributed by atoms with E-state index in [4.69, 9.17) is 68.8 Å². The molecule has 3 atom stereocenters. The molecule has 0 bridgehead atoms. The number of methoxy groups -OCH3 is 1. The van der Waals surface area contributed by atoms with Gasteiger partial charge in [-0.15, -0.1) is 0 Å². The average Bonchev–Trinajstić information content (AvgIpc) is 0.793. The summed E-state index contributed by atoms with van der Waals surface area (Å²) >= 11 is 18.1. The second kappa shape index (κ2) is 52.0. The fraction of sp³-hybridized carbons (Fsp3) is 0.207. The van der Waals surface area contributed by atoms with Crippen LogP contribution in [0.25, 0.3) is 0 Å². The number of piperazine rings is 3. The number of amides is 2. The maximum atomic E-state index is 12.4. The third-order valence-electron chi connectivity index (χ3n) is 17.5. The van der Waals surface area contributed by atoms with Crippen molar-refractivity contribution >= 4 is 130 Å². The number of hydrogen-bond donors (Lipinski definition) is 5. The number of carboxylic acid groups (broad SMARTS) is 2. The molecule has 0 radical (unpaired) electrons. The number of carboxylic acids is 2. The van der Waals surface area contributed by atoms with E-state index in [9.17, 15) is 74.5 Å². The monoisotopic (exact) mass is 1920 g/mol. The molecule has 122 heavy (non-hydrogen) atoms. The summed E-state index contributed by atoms with van der Waals surface area (Å²) in [6.07, 6.45) is 2.30. The van der Waals surface area contributed by atoms with Crippen molar-refractivity contribution in [1.82, 2.24) is 15.1 Å². The quantitative estimate of drug-likeness (QED) is 0.0378. The number of benzene rings is 9. The van der Waals surface area contributed by atoms with Crippen LogP contribution in [0.1, 0.15) is 65.4 Å². The van der Waals surface area contributed by atoms with Gasteiger partial charge in [0, 0.05) is 108 Å². The number of halogens is 3. The number of aliphatic carboxylic acids is 2. The molecule has 0 spiro atoms. The SMILES string of the molecule is C=CCOC(=O)N1CCN(c2ccc(O)cc2C#N)[C@H](c2ccc(Cl)cc2)C1.C=CCOC(=O)N1CCN(c2ccc(OC)cc2C#N)[C@H](c2ccc(Cl)cc2)C1.CC(=O)O.CC(=O)O.N#Cc1cc(O)ccc1N1CCNC[C@H]1c1ccc(Cl)cc1.O=S(=O)([O-])c1cccc(P(c2cccc(S(=O)(=O)[O-])c2)c2cccc(S(=O)(=O)[O-])c2)c1.[Na+].[Na+].[Na+].[Pd]. The summed E-state index contributed by atoms with van der Waals surface area (Å²) in [4.78, 5) is 50.8. The maximum Gasteiger partial charge on any atom is 1.00 e. The first-order valence-corrected chi connectivity index (χ1v) is 42.0. The van der Waals surface area contributed by atoms with Crippen LogP contribution in [-0.4, -0.2) is 172 Å². The van der Waals surface area contributed by atoms with E-state index in [1.807, 2.05) is 78.9 Å². The van der Waals surface area contributed by atoms with Crippen molar-refractivity contribution in [2.24, 2.45) is 0 Å². The van der Waals surface area contributed by atoms with Crippen LogP contribution < -0.4 is 129 Å². The van der Waals surface area contributed by atoms with Crippen LogP contribution in [0, 0.1) is 34.0 Å². The number of ether oxygens (including phenoxy) is 3. The van der Waals surface area contributed by atoms with E-state index in [0.717, 1.165) is 97.9 Å². The molecule has 3 saturated heterocycles. The molecule has 3 fully saturated rings. The van der Waals surface area contributed by atoms with Gasteiger partial charge in [-0.1, -0.05) is 133 Å². The smallest absolute Gasteiger partial charge is 0.744 e. The minimum Gasteiger partial charge on any atom is -0.744 e. The number of nitrogens with zero attached hydrogens (tertiary/aromatic N) is 8. The van der Waals surface area contributed by atoms with Gasteiger partial charge in [-0.2, -0.15) is 15.8 Å². The molecular weight excluding hydrogens is 1840 g/mol. The zero-order valence-corrected chi connectivity index (χ0v) is 79.8. The van der Waals surface area contributed by atoms with Crippen molar-refractivity contribution in [3.8, 4) is 35.5 Å². The van der Waals surface area contributed by atoms with Gasteiger partial charge in [-0.05, 0) is 168 Å². The van der Waals surface area contributed by atoms with E-state index < -0.39 is 71.0 Å². The third kappa shape index (κ3) is 32.4. The molecular formula is C82H78Cl3N9Na3O20PPdS3. The van der Waals surface area contributed by atoms with E-state index in [1.165, 1.54) is 54.6 Å². The molecule has 9 aromatic rings. The van der Waals surface area contributed by atoms with Crippen LogP contribution in [-0.2, 0) is 69.8 Å². The molecule has 0 unspecified atom stereocenters. The topological polar surface area (TPSA) is 448 Å². The molecule has 0 aliphatic carbocycles. The number of phenols is 2. The number of rotatable bonds is 17. The Labute approximate surface area is 804 Å². The standard InChI is InChI=1S/C22H22ClN3O3.C21H20ClN3O3.C18H15O9PS3.C17H16ClN3O.2C2H4O2.3Na.Pd/c1-3-12-29-22(27)25-10-11-26(20-9-8-19(28-2)13-17(20)14-24)21(15-25)16-4-6-18(23)7-5-16;1-2-11-28-21(27)24-9-10-25(19-8-7-18(26)12-16(19)13-23)20(14-24)15-3-5-17(22)6-4-15;19-29(20,21)16-7-1-4-13(10-16)28(14-5-2-8-17(11-14)30(22,23)24)15-6-3-9-18(12-15)31(25,26)27;18-14-3-1-12(2-4-14)17-11-20-7-8-21(17)16-6-5-15(22)9-13(16)10-19;2*1-2(3)4;;;;/h3-9,13,21H,1,10-12,15H2,2H3;2-8,12,20,26H,1,9-11,14H2;1-12H,(H,19,20,21)(H,22,23,24)(H,25,26,27);1-6,9,17,20,22H,7-8,11H2;2*1H3,(H,3,4);;;;/q;;;;;;3*+1;/p-3/t21-;20-;;17-;;;;;;/m00.0....../s1. The summed E-state index contributed by atoms with van der Waals surface area (Å²) < 4.78 is 119. The van der Waals surface area contributed by atoms with Gasteiger partial charge < -0.3 is 78.1 Å². The van der Waals surface area contributed by atoms with Gasteiger partial charge in [-0.25, -0.2) is 34.8 Å². The van der Waals surface area contributed by atoms with Crippen LogP contribution in [0.5, 0.6) is 17.2 Å². The number of carbonyl (C=O) groups is 4. The fourth-order valence-corrected chi connectivity index (χ4v) is 16.9. The van der Waals surface area contributed by atoms with E-state index in [-0.39, 0.29) is 174 Å². The van der Waals surface area contributed by atoms with Gasteiger partial charge in [0.1, 0.15) is 79.0 Å². The van der Waals surface area contributed by atoms with Crippen molar-refractivity contribution in [2.75, 3.05) is 93.9 Å². The zero-order chi connectivity index (χ0) is 86.6. The molecule has 3 heterocycles. The largest absolute Gasteiger partial charge is 1.00 e. The van der Waals surface area contributed by atoms with E-state index in [0.29, 0.717) is 82.5 Å². The fourth-order valence-electron chi connectivity index (χ4n) is 12.3. The molecule has 40 heteroatoms. The summed E-state index contributed by atoms with van der Waals surface area (Å²) in [7, 11) is -14.7. The van der Waals surface area contributed by atoms with Gasteiger partial charge in [0.05, 0.1) is 73.7 Å². The minimum atomic E-state index is -4.82. The molecule has 3 aliphatic heterocycles. The van der Waals surface area contributed by atoms with Gasteiger partial charge in [-0.3, -0.25) is 9.59 Å². The van der Waals surface area contributed by atoms with Gasteiger partial charge in [0.25, 0.3) is 11.9 Å². The summed E-state index contributed by atoms with van der Waals surface area (Å²) in [5.74, 6) is -0.895. The Morgan fingerprint density at radius 1 is 0.492 bits per heavy atom. The van der Waals surface area contributed by atoms with Crippen molar-refractivity contribution in [2.45, 2.75) is 46.7 Å². The Morgan fingerprint density at radius 3 is 1.11 bits per heavy atom. The Morgan fingerprint density at radius 2 is 0.803 bits per heavy atom. The number of hydrogen-bond acceptors (Lipinski definition) is 25. The van der Waals surface area contributed by atoms with Gasteiger partial charge >= 0.3 is 101 Å². The first-order chi connectivity index (χ1) is 56.0. The number of nitriles is 3. The Bertz CT molecular complexity index is 5380. The molecule has 5 N–H and O–H groups in total. The van der Waals surface area contributed by atoms with E-state index in [1.54, 1.807) is 59.4 Å². The number of aromatic hydroxyl groups is 2. The van der Waals surface area contributed by atoms with Crippen LogP contribution in [0.15, 0.2) is 240 Å². The average molecular weight is 1920 g/mol. The van der Waals surface area contributed by atoms with E-state index in [2.05, 4.69) is 51.4 Å². The van der Waals surface area contributed by atoms with Crippen molar-refractivity contribution < 1.29 is 202 Å². The molecule has 0 saturated carbocycles. The molecule has 628 valence electrons. The Hall–Kier alpha value is -8.14. The molecule has 29 nitrogen and oxygen atoms in total. The van der Waals surface area contributed by atoms with Crippen molar-refractivity contribution in [3.05, 3.63) is 274 Å². The van der Waals surface area contributed by atoms with Crippen molar-refractivity contribution in [1.29, 1.82) is 15.8 Å².